The second kappa shape index (κ2) is 7.49. The normalized spacial score (nSPS) is 10.6. The van der Waals surface area contributed by atoms with Crippen LogP contribution < -0.4 is 10.3 Å². The van der Waals surface area contributed by atoms with Crippen molar-refractivity contribution in [2.45, 2.75) is 20.1 Å². The Morgan fingerprint density at radius 2 is 1.71 bits per heavy atom. The third-order valence-electron chi connectivity index (χ3n) is 3.84. The molecule has 3 nitrogen and oxygen atoms in total. The van der Waals surface area contributed by atoms with Crippen molar-refractivity contribution in [1.29, 1.82) is 0 Å². The molecule has 2 aromatic carbocycles. The van der Waals surface area contributed by atoms with Crippen LogP contribution in [0.4, 0.5) is 0 Å². The van der Waals surface area contributed by atoms with E-state index in [2.05, 4.69) is 15.9 Å². The number of pyridine rings is 1. The number of aryl methyl sites for hydroxylation is 1. The second-order valence-corrected chi connectivity index (χ2v) is 6.48. The Bertz CT molecular complexity index is 888. The molecule has 1 aromatic heterocycles. The summed E-state index contributed by atoms with van der Waals surface area (Å²) in [4.78, 5) is 12.4. The van der Waals surface area contributed by atoms with Gasteiger partial charge in [-0.1, -0.05) is 64.5 Å². The molecule has 24 heavy (non-hydrogen) atoms. The molecule has 0 unspecified atom stereocenters. The molecule has 0 bridgehead atoms. The predicted molar refractivity (Wildman–Crippen MR) is 99.5 cm³/mol. The van der Waals surface area contributed by atoms with Crippen molar-refractivity contribution in [3.05, 3.63) is 98.4 Å². The first-order valence-electron chi connectivity index (χ1n) is 7.75. The minimum absolute atomic E-state index is 0.0546. The lowest BCUT2D eigenvalue weighted by atomic mass is 10.2. The molecule has 122 valence electrons. The molecule has 0 aliphatic carbocycles. The van der Waals surface area contributed by atoms with Crippen LogP contribution in [0.3, 0.4) is 0 Å². The van der Waals surface area contributed by atoms with Crippen molar-refractivity contribution < 1.29 is 4.74 Å². The fourth-order valence-electron chi connectivity index (χ4n) is 2.53. The Morgan fingerprint density at radius 1 is 1.00 bits per heavy atom. The maximum absolute atomic E-state index is 12.4. The monoisotopic (exact) mass is 383 g/mol. The summed E-state index contributed by atoms with van der Waals surface area (Å²) in [6, 6.07) is 21.3. The standard InChI is InChI=1S/C20H18BrNO2/c1-15-11-18(24-14-17-9-5-6-10-19(17)21)12-20(23)22(15)13-16-7-3-2-4-8-16/h2-12H,13-14H2,1H3. The van der Waals surface area contributed by atoms with E-state index in [1.807, 2.05) is 67.6 Å². The highest BCUT2D eigenvalue weighted by Gasteiger charge is 2.06. The minimum Gasteiger partial charge on any atom is -0.489 e. The Kier molecular flexibility index (Phi) is 5.16. The molecule has 0 saturated heterocycles. The Labute approximate surface area is 149 Å². The number of aromatic nitrogens is 1. The smallest absolute Gasteiger partial charge is 0.254 e. The van der Waals surface area contributed by atoms with Gasteiger partial charge in [0, 0.05) is 21.8 Å². The molecule has 0 N–H and O–H groups in total. The SMILES string of the molecule is Cc1cc(OCc2ccccc2Br)cc(=O)n1Cc1ccccc1. The van der Waals surface area contributed by atoms with Gasteiger partial charge in [0.05, 0.1) is 6.54 Å². The number of halogens is 1. The van der Waals surface area contributed by atoms with Crippen LogP contribution in [-0.2, 0) is 13.2 Å². The molecule has 0 amide bonds. The number of ether oxygens (including phenoxy) is 1. The summed E-state index contributed by atoms with van der Waals surface area (Å²) in [6.07, 6.45) is 0. The molecule has 0 fully saturated rings. The minimum atomic E-state index is -0.0546. The van der Waals surface area contributed by atoms with Gasteiger partial charge in [0.1, 0.15) is 12.4 Å². The van der Waals surface area contributed by atoms with Crippen molar-refractivity contribution in [3.63, 3.8) is 0 Å². The van der Waals surface area contributed by atoms with Crippen molar-refractivity contribution >= 4 is 15.9 Å². The fraction of sp³-hybridized carbons (Fsp3) is 0.150. The molecular weight excluding hydrogens is 366 g/mol. The molecule has 0 atom stereocenters. The van der Waals surface area contributed by atoms with Crippen LogP contribution in [0.25, 0.3) is 0 Å². The maximum atomic E-state index is 12.4. The Morgan fingerprint density at radius 3 is 2.42 bits per heavy atom. The van der Waals surface area contributed by atoms with E-state index < -0.39 is 0 Å². The second-order valence-electron chi connectivity index (χ2n) is 5.62. The zero-order valence-corrected chi connectivity index (χ0v) is 15.0. The van der Waals surface area contributed by atoms with Crippen molar-refractivity contribution in [1.82, 2.24) is 4.57 Å². The first-order chi connectivity index (χ1) is 11.6. The third-order valence-corrected chi connectivity index (χ3v) is 4.62. The molecule has 3 rings (SSSR count). The molecule has 1 heterocycles. The average Bonchev–Trinajstić information content (AvgIpc) is 2.58. The van der Waals surface area contributed by atoms with Crippen LogP contribution in [0.15, 0.2) is 76.0 Å². The van der Waals surface area contributed by atoms with Gasteiger partial charge >= 0.3 is 0 Å². The Balaban J connectivity index is 1.77. The van der Waals surface area contributed by atoms with E-state index in [1.165, 1.54) is 0 Å². The van der Waals surface area contributed by atoms with E-state index >= 15 is 0 Å². The van der Waals surface area contributed by atoms with Crippen LogP contribution in [0.1, 0.15) is 16.8 Å². The van der Waals surface area contributed by atoms with Gasteiger partial charge in [-0.25, -0.2) is 0 Å². The molecule has 0 saturated carbocycles. The number of rotatable bonds is 5. The quantitative estimate of drug-likeness (QED) is 0.647. The molecule has 3 aromatic rings. The number of nitrogens with zero attached hydrogens (tertiary/aromatic N) is 1. The maximum Gasteiger partial charge on any atom is 0.254 e. The van der Waals surface area contributed by atoms with E-state index in [-0.39, 0.29) is 5.56 Å². The van der Waals surface area contributed by atoms with Gasteiger partial charge in [0.25, 0.3) is 5.56 Å². The van der Waals surface area contributed by atoms with Crippen LogP contribution in [0.2, 0.25) is 0 Å². The lowest BCUT2D eigenvalue weighted by molar-refractivity contribution is 0.304. The number of hydrogen-bond acceptors (Lipinski definition) is 2. The Hall–Kier alpha value is -2.33. The number of hydrogen-bond donors (Lipinski definition) is 0. The molecule has 0 radical (unpaired) electrons. The van der Waals surface area contributed by atoms with E-state index in [0.29, 0.717) is 18.9 Å². The van der Waals surface area contributed by atoms with E-state index in [9.17, 15) is 4.79 Å². The highest BCUT2D eigenvalue weighted by Crippen LogP contribution is 2.19. The molecule has 4 heteroatoms. The summed E-state index contributed by atoms with van der Waals surface area (Å²) in [5, 5.41) is 0. The molecular formula is C20H18BrNO2. The van der Waals surface area contributed by atoms with E-state index in [0.717, 1.165) is 21.3 Å². The summed E-state index contributed by atoms with van der Waals surface area (Å²) in [5.41, 5.74) is 2.97. The van der Waals surface area contributed by atoms with Crippen LogP contribution in [0, 0.1) is 6.92 Å². The fourth-order valence-corrected chi connectivity index (χ4v) is 2.93. The predicted octanol–water partition coefficient (Wildman–Crippen LogP) is 4.55. The van der Waals surface area contributed by atoms with Gasteiger partial charge < -0.3 is 9.30 Å². The zero-order valence-electron chi connectivity index (χ0n) is 13.4. The highest BCUT2D eigenvalue weighted by atomic mass is 79.9. The number of benzene rings is 2. The van der Waals surface area contributed by atoms with Crippen LogP contribution >= 0.6 is 15.9 Å². The topological polar surface area (TPSA) is 31.2 Å². The largest absolute Gasteiger partial charge is 0.489 e. The summed E-state index contributed by atoms with van der Waals surface area (Å²) in [5.74, 6) is 0.595. The summed E-state index contributed by atoms with van der Waals surface area (Å²) < 4.78 is 8.55. The molecule has 0 aliphatic heterocycles. The van der Waals surface area contributed by atoms with Gasteiger partial charge in [-0.05, 0) is 24.6 Å². The zero-order chi connectivity index (χ0) is 16.9. The van der Waals surface area contributed by atoms with Gasteiger partial charge in [0.15, 0.2) is 0 Å². The van der Waals surface area contributed by atoms with Gasteiger partial charge in [0.2, 0.25) is 0 Å². The van der Waals surface area contributed by atoms with Gasteiger partial charge in [-0.2, -0.15) is 0 Å². The van der Waals surface area contributed by atoms with Gasteiger partial charge in [-0.3, -0.25) is 4.79 Å². The molecule has 0 spiro atoms. The summed E-state index contributed by atoms with van der Waals surface area (Å²) >= 11 is 3.50. The van der Waals surface area contributed by atoms with Crippen molar-refractivity contribution in [2.24, 2.45) is 0 Å². The average molecular weight is 384 g/mol. The van der Waals surface area contributed by atoms with Gasteiger partial charge in [-0.15, -0.1) is 0 Å². The molecule has 0 aliphatic rings. The summed E-state index contributed by atoms with van der Waals surface area (Å²) in [6.45, 7) is 2.91. The summed E-state index contributed by atoms with van der Waals surface area (Å²) in [7, 11) is 0. The van der Waals surface area contributed by atoms with Crippen molar-refractivity contribution in [2.75, 3.05) is 0 Å². The van der Waals surface area contributed by atoms with Crippen LogP contribution in [0.5, 0.6) is 5.75 Å². The first-order valence-corrected chi connectivity index (χ1v) is 8.54. The third kappa shape index (κ3) is 3.95. The lowest BCUT2D eigenvalue weighted by Gasteiger charge is -2.13. The van der Waals surface area contributed by atoms with E-state index in [1.54, 1.807) is 10.6 Å². The highest BCUT2D eigenvalue weighted by molar-refractivity contribution is 9.10. The van der Waals surface area contributed by atoms with E-state index in [4.69, 9.17) is 4.74 Å². The van der Waals surface area contributed by atoms with Crippen molar-refractivity contribution in [3.8, 4) is 5.75 Å². The van der Waals surface area contributed by atoms with Crippen LogP contribution in [-0.4, -0.2) is 4.57 Å². The lowest BCUT2D eigenvalue weighted by Crippen LogP contribution is -2.22. The first kappa shape index (κ1) is 16.5.